The Balaban J connectivity index is -0.0000000393. The summed E-state index contributed by atoms with van der Waals surface area (Å²) >= 11 is 29.8. The molecule has 4 fully saturated rings. The summed E-state index contributed by atoms with van der Waals surface area (Å²) < 4.78 is 0. The second-order valence-electron chi connectivity index (χ2n) is 14.2. The molecule has 495 valence electrons. The van der Waals surface area contributed by atoms with E-state index in [1.165, 1.54) is 0 Å². The molecular formula is C40H81Cl9N8O18Pt4-3. The molecule has 0 bridgehead atoms. The standard InChI is InChI=1S/4C6H12N2.2C3H4O3.3C2H2Cl2O2.C2H4O2.CH4.CH3.3ClH.4H2O.4Pt/c4*7-5-1-2-6(8)4-3-5;2*1-2(4)3(5)6;3*3-1(4)2(5)6;1-2(3)4;;;;;;;;;;;;;/h4*5-8H,1-4H2;2*4H,1H2,(H,5,6);3*1H,(H,5,6);1H3,(H,3,4);1H4;1H3;3*1H;4*1H2;;;;/q4*-2;;;;;;;;-1;;;;;;;;+1;2*+2;+4/p-3. The number of carboxylic acid groups (broad SMARTS) is 6. The normalized spacial score (nSPS) is 20.0. The first-order chi connectivity index (χ1) is 32.5. The predicted molar refractivity (Wildman–Crippen MR) is 305 cm³/mol. The maximum atomic E-state index is 9.44. The molecule has 0 spiro atoms. The molecule has 79 heavy (non-hydrogen) atoms. The number of halogens is 9. The minimum Gasteiger partial charge on any atom is -0.675 e. The molecule has 26 nitrogen and oxygen atoms in total. The SMILES string of the molecule is C.C=C(O)C(=O)O.C=C(O)C(=O)O.CC(=O)O.O.O.O.O.O=C(O)C(Cl)Cl.O=C(O)C(Cl)Cl.O=C(O)C(Cl)Cl.[CH3-].[Cl][Pt+2][Cl].[Cl][Pt].[NH-]C1CCC([NH-])CC1.[NH-]C1CCC([NH-])CC1.[NH-]C1CCC([NH-])CC1.[NH-]C1CCC([NH-])CC1.[Pt+2].[Pt+2]. The zero-order valence-electron chi connectivity index (χ0n) is 41.8. The molecule has 0 heterocycles. The van der Waals surface area contributed by atoms with E-state index in [1.807, 2.05) is 0 Å². The van der Waals surface area contributed by atoms with Crippen LogP contribution in [0.3, 0.4) is 0 Å². The fraction of sp³-hybridized carbons (Fsp3) is 0.725. The van der Waals surface area contributed by atoms with Gasteiger partial charge in [-0.05, 0) is 13.2 Å². The Morgan fingerprint density at radius 1 is 0.405 bits per heavy atom. The van der Waals surface area contributed by atoms with Crippen LogP contribution in [-0.4, -0.2) is 161 Å². The van der Waals surface area contributed by atoms with Gasteiger partial charge in [0.1, 0.15) is 0 Å². The molecule has 0 amide bonds. The van der Waals surface area contributed by atoms with Crippen molar-refractivity contribution in [3.8, 4) is 0 Å². The first-order valence-corrected chi connectivity index (χ1v) is 31.2. The fourth-order valence-electron chi connectivity index (χ4n) is 4.37. The van der Waals surface area contributed by atoms with Gasteiger partial charge in [0.15, 0.2) is 11.5 Å². The van der Waals surface area contributed by atoms with Gasteiger partial charge in [0, 0.05) is 6.92 Å². The van der Waals surface area contributed by atoms with Crippen molar-refractivity contribution in [3.63, 3.8) is 0 Å². The molecule has 0 saturated heterocycles. The number of aliphatic carboxylic acids is 6. The van der Waals surface area contributed by atoms with Crippen molar-refractivity contribution in [2.45, 2.75) is 180 Å². The van der Waals surface area contributed by atoms with Crippen molar-refractivity contribution in [1.82, 2.24) is 0 Å². The summed E-state index contributed by atoms with van der Waals surface area (Å²) in [6, 6.07) is 1.20. The van der Waals surface area contributed by atoms with Crippen LogP contribution in [0.4, 0.5) is 0 Å². The number of rotatable bonds is 5. The molecular weight excluding hydrogens is 1980 g/mol. The van der Waals surface area contributed by atoms with Gasteiger partial charge in [0.25, 0.3) is 5.97 Å². The number of aliphatic hydroxyl groups excluding tert-OH is 2. The summed E-state index contributed by atoms with van der Waals surface area (Å²) in [5, 5.41) is 61.6. The zero-order valence-corrected chi connectivity index (χ0v) is 57.7. The van der Waals surface area contributed by atoms with Gasteiger partial charge >= 0.3 is 135 Å². The molecule has 0 radical (unpaired) electrons. The quantitative estimate of drug-likeness (QED) is 0.0549. The topological polar surface area (TPSA) is 581 Å². The molecule has 0 aliphatic heterocycles. The Bertz CT molecular complexity index is 1160. The number of hydrogen-bond acceptors (Lipinski definition) is 8. The monoisotopic (exact) mass is 2060 g/mol. The van der Waals surface area contributed by atoms with Gasteiger partial charge < -0.3 is 116 Å². The second-order valence-corrected chi connectivity index (χ2v) is 20.8. The first kappa shape index (κ1) is 122. The summed E-state index contributed by atoms with van der Waals surface area (Å²) in [6.07, 6.45) is 15.2. The van der Waals surface area contributed by atoms with Gasteiger partial charge in [-0.1, -0.05) is 180 Å². The van der Waals surface area contributed by atoms with E-state index in [4.69, 9.17) is 180 Å². The Labute approximate surface area is 555 Å². The predicted octanol–water partition coefficient (Wildman–Crippen LogP) is 12.5. The van der Waals surface area contributed by atoms with Gasteiger partial charge in [-0.15, -0.1) is 48.3 Å². The Morgan fingerprint density at radius 2 is 0.456 bits per heavy atom. The van der Waals surface area contributed by atoms with Crippen molar-refractivity contribution < 1.29 is 169 Å². The average molecular weight is 2060 g/mol. The van der Waals surface area contributed by atoms with Crippen LogP contribution >= 0.6 is 97.9 Å². The van der Waals surface area contributed by atoms with E-state index < -0.39 is 78.3 Å². The number of hydrogen-bond donors (Lipinski definition) is 8. The van der Waals surface area contributed by atoms with Crippen molar-refractivity contribution in [2.24, 2.45) is 0 Å². The smallest absolute Gasteiger partial charge is 0.675 e. The van der Waals surface area contributed by atoms with E-state index in [0.717, 1.165) is 110 Å². The largest absolute Gasteiger partial charge is 2.00 e. The van der Waals surface area contributed by atoms with E-state index in [-0.39, 0.29) is 127 Å². The minimum atomic E-state index is -1.38. The molecule has 39 heteroatoms. The summed E-state index contributed by atoms with van der Waals surface area (Å²) in [6.45, 7) is 6.50. The van der Waals surface area contributed by atoms with Crippen LogP contribution in [0.2, 0.25) is 0 Å². The fourth-order valence-corrected chi connectivity index (χ4v) is 4.37. The summed E-state index contributed by atoms with van der Waals surface area (Å²) in [7, 11) is 14.4. The van der Waals surface area contributed by atoms with Crippen LogP contribution in [-0.2, 0) is 106 Å². The van der Waals surface area contributed by atoms with Gasteiger partial charge in [0.2, 0.25) is 14.5 Å². The first-order valence-electron chi connectivity index (χ1n) is 20.1. The van der Waals surface area contributed by atoms with Crippen LogP contribution in [0.1, 0.15) is 117 Å². The molecule has 0 atom stereocenters. The molecule has 0 aromatic rings. The van der Waals surface area contributed by atoms with Crippen LogP contribution in [0, 0.1) is 7.43 Å². The van der Waals surface area contributed by atoms with E-state index in [9.17, 15) is 24.0 Å². The van der Waals surface area contributed by atoms with E-state index in [0.29, 0.717) is 0 Å². The van der Waals surface area contributed by atoms with Crippen LogP contribution in [0.5, 0.6) is 0 Å². The summed E-state index contributed by atoms with van der Waals surface area (Å²) in [4.78, 5) is 52.1. The third-order valence-corrected chi connectivity index (χ3v) is 9.08. The molecule has 24 N–H and O–H groups in total. The maximum absolute atomic E-state index is 9.44. The van der Waals surface area contributed by atoms with Crippen LogP contribution in [0.25, 0.3) is 45.9 Å². The summed E-state index contributed by atoms with van der Waals surface area (Å²) in [5.41, 5.74) is 58.2. The Morgan fingerprint density at radius 3 is 0.481 bits per heavy atom. The third-order valence-electron chi connectivity index (χ3n) is 7.96. The molecule has 4 saturated carbocycles. The minimum absolute atomic E-state index is 0. The van der Waals surface area contributed by atoms with E-state index >= 15 is 0 Å². The van der Waals surface area contributed by atoms with Gasteiger partial charge in [-0.25, -0.2) is 24.0 Å². The zero-order chi connectivity index (χ0) is 58.0. The van der Waals surface area contributed by atoms with Gasteiger partial charge in [0.05, 0.1) is 0 Å². The third kappa shape index (κ3) is 126. The maximum Gasteiger partial charge on any atom is 2.00 e. The molecule has 4 rings (SSSR count). The van der Waals surface area contributed by atoms with Crippen molar-refractivity contribution in [2.75, 3.05) is 0 Å². The van der Waals surface area contributed by atoms with Crippen molar-refractivity contribution >= 4 is 134 Å². The van der Waals surface area contributed by atoms with Crippen LogP contribution in [0.15, 0.2) is 24.7 Å². The Hall–Kier alpha value is 0.783. The van der Waals surface area contributed by atoms with Gasteiger partial charge in [-0.3, -0.25) is 4.79 Å². The summed E-state index contributed by atoms with van der Waals surface area (Å²) in [5.74, 6) is -8.87. The van der Waals surface area contributed by atoms with Crippen LogP contribution < -0.4 is 0 Å². The Kier molecular flexibility index (Phi) is 131. The average Bonchev–Trinajstić information content (AvgIpc) is 3.27. The molecule has 0 unspecified atom stereocenters. The number of carboxylic acids is 6. The molecule has 0 aromatic heterocycles. The van der Waals surface area contributed by atoms with Crippen molar-refractivity contribution in [3.05, 3.63) is 78.0 Å². The molecule has 4 aliphatic carbocycles. The molecule has 4 aliphatic rings. The van der Waals surface area contributed by atoms with Crippen molar-refractivity contribution in [1.29, 1.82) is 0 Å². The second kappa shape index (κ2) is 85.2. The number of aliphatic hydroxyl groups is 2. The van der Waals surface area contributed by atoms with E-state index in [2.05, 4.69) is 22.6 Å². The van der Waals surface area contributed by atoms with Gasteiger partial charge in [-0.2, -0.15) is 0 Å². The molecule has 0 aromatic carbocycles. The number of alkyl halides is 6. The van der Waals surface area contributed by atoms with E-state index in [1.54, 1.807) is 18.8 Å². The number of nitrogens with one attached hydrogen (secondary N) is 8. The number of carbonyl (C=O) groups is 6.